The molecule has 3 unspecified atom stereocenters. The molecule has 0 bridgehead atoms. The maximum Gasteiger partial charge on any atom is 0.308 e. The summed E-state index contributed by atoms with van der Waals surface area (Å²) in [6.45, 7) is 4.34. The number of carbonyl (C=O) groups excluding carboxylic acids is 1. The van der Waals surface area contributed by atoms with Gasteiger partial charge in [-0.2, -0.15) is 0 Å². The lowest BCUT2D eigenvalue weighted by Crippen LogP contribution is -2.18. The lowest BCUT2D eigenvalue weighted by molar-refractivity contribution is -0.146. The van der Waals surface area contributed by atoms with Crippen LogP contribution in [0.4, 0.5) is 0 Å². The molecule has 0 heterocycles. The Bertz CT molecular complexity index is 165. The molecule has 2 heteroatoms. The van der Waals surface area contributed by atoms with E-state index in [-0.39, 0.29) is 11.9 Å². The molecule has 0 aromatic rings. The van der Waals surface area contributed by atoms with E-state index in [9.17, 15) is 4.79 Å². The number of rotatable bonds is 2. The molecule has 1 rings (SSSR count). The summed E-state index contributed by atoms with van der Waals surface area (Å²) in [6, 6.07) is 0. The van der Waals surface area contributed by atoms with E-state index in [4.69, 9.17) is 4.74 Å². The van der Waals surface area contributed by atoms with Crippen LogP contribution in [-0.4, -0.2) is 13.1 Å². The minimum Gasteiger partial charge on any atom is -0.469 e. The predicted octanol–water partition coefficient (Wildman–Crippen LogP) is 2.23. The van der Waals surface area contributed by atoms with Crippen LogP contribution in [0.15, 0.2) is 0 Å². The summed E-state index contributed by atoms with van der Waals surface area (Å²) in [7, 11) is 1.48. The first-order valence-electron chi connectivity index (χ1n) is 4.76. The number of methoxy groups -OCH3 is 1. The lowest BCUT2D eigenvalue weighted by atomic mass is 9.99. The normalized spacial score (nSPS) is 35.1. The molecule has 1 aliphatic rings. The molecular weight excluding hydrogens is 152 g/mol. The van der Waals surface area contributed by atoms with Crippen LogP contribution >= 0.6 is 0 Å². The van der Waals surface area contributed by atoms with E-state index in [1.807, 2.05) is 0 Å². The van der Waals surface area contributed by atoms with E-state index in [1.165, 1.54) is 20.0 Å². The smallest absolute Gasteiger partial charge is 0.308 e. The number of hydrogen-bond donors (Lipinski definition) is 0. The molecule has 0 spiro atoms. The topological polar surface area (TPSA) is 26.3 Å². The highest BCUT2D eigenvalue weighted by Gasteiger charge is 2.35. The van der Waals surface area contributed by atoms with Crippen LogP contribution in [0.2, 0.25) is 0 Å². The predicted molar refractivity (Wildman–Crippen MR) is 47.7 cm³/mol. The third-order valence-corrected chi connectivity index (χ3v) is 3.06. The van der Waals surface area contributed by atoms with Crippen molar-refractivity contribution >= 4 is 5.97 Å². The van der Waals surface area contributed by atoms with Crippen molar-refractivity contribution in [3.05, 3.63) is 0 Å². The van der Waals surface area contributed by atoms with Gasteiger partial charge in [0, 0.05) is 0 Å². The van der Waals surface area contributed by atoms with E-state index in [1.54, 1.807) is 0 Å². The highest BCUT2D eigenvalue weighted by molar-refractivity contribution is 5.72. The SMILES string of the molecule is CCC1CC(C)C(C(=O)OC)C1. The van der Waals surface area contributed by atoms with Gasteiger partial charge in [-0.05, 0) is 24.7 Å². The van der Waals surface area contributed by atoms with Crippen LogP contribution in [0.3, 0.4) is 0 Å². The molecule has 0 aromatic heterocycles. The molecule has 0 saturated heterocycles. The molecule has 1 fully saturated rings. The third kappa shape index (κ3) is 1.79. The molecule has 1 saturated carbocycles. The minimum atomic E-state index is -0.0153. The Balaban J connectivity index is 2.51. The van der Waals surface area contributed by atoms with Crippen molar-refractivity contribution < 1.29 is 9.53 Å². The van der Waals surface area contributed by atoms with Gasteiger partial charge in [-0.1, -0.05) is 20.3 Å². The average molecular weight is 170 g/mol. The van der Waals surface area contributed by atoms with Gasteiger partial charge in [-0.15, -0.1) is 0 Å². The Hall–Kier alpha value is -0.530. The number of esters is 1. The van der Waals surface area contributed by atoms with Crippen molar-refractivity contribution in [3.63, 3.8) is 0 Å². The fraction of sp³-hybridized carbons (Fsp3) is 0.900. The molecule has 0 radical (unpaired) electrons. The largest absolute Gasteiger partial charge is 0.469 e. The van der Waals surface area contributed by atoms with E-state index >= 15 is 0 Å². The summed E-state index contributed by atoms with van der Waals surface area (Å²) in [5, 5.41) is 0. The first-order chi connectivity index (χ1) is 5.69. The van der Waals surface area contributed by atoms with Crippen LogP contribution in [0.25, 0.3) is 0 Å². The van der Waals surface area contributed by atoms with E-state index in [0.717, 1.165) is 12.3 Å². The van der Waals surface area contributed by atoms with Crippen LogP contribution in [-0.2, 0) is 9.53 Å². The van der Waals surface area contributed by atoms with Crippen LogP contribution < -0.4 is 0 Å². The van der Waals surface area contributed by atoms with Gasteiger partial charge in [0.25, 0.3) is 0 Å². The summed E-state index contributed by atoms with van der Waals surface area (Å²) in [5.41, 5.74) is 0. The van der Waals surface area contributed by atoms with Gasteiger partial charge < -0.3 is 4.74 Å². The second-order valence-electron chi connectivity index (χ2n) is 3.85. The van der Waals surface area contributed by atoms with Gasteiger partial charge in [0.15, 0.2) is 0 Å². The highest BCUT2D eigenvalue weighted by Crippen LogP contribution is 2.38. The minimum absolute atomic E-state index is 0.0153. The second-order valence-corrected chi connectivity index (χ2v) is 3.85. The standard InChI is InChI=1S/C10H18O2/c1-4-8-5-7(2)9(6-8)10(11)12-3/h7-9H,4-6H2,1-3H3. The number of ether oxygens (including phenoxy) is 1. The van der Waals surface area contributed by atoms with Gasteiger partial charge in [-0.25, -0.2) is 0 Å². The Morgan fingerprint density at radius 1 is 1.50 bits per heavy atom. The summed E-state index contributed by atoms with van der Waals surface area (Å²) in [4.78, 5) is 11.3. The highest BCUT2D eigenvalue weighted by atomic mass is 16.5. The number of hydrogen-bond acceptors (Lipinski definition) is 2. The van der Waals surface area contributed by atoms with Crippen molar-refractivity contribution in [2.75, 3.05) is 7.11 Å². The van der Waals surface area contributed by atoms with Crippen LogP contribution in [0.1, 0.15) is 33.1 Å². The molecule has 70 valence electrons. The monoisotopic (exact) mass is 170 g/mol. The Kier molecular flexibility index (Phi) is 3.12. The summed E-state index contributed by atoms with van der Waals surface area (Å²) < 4.78 is 4.76. The molecule has 0 amide bonds. The van der Waals surface area contributed by atoms with Gasteiger partial charge in [0.1, 0.15) is 0 Å². The summed E-state index contributed by atoms with van der Waals surface area (Å²) in [5.74, 6) is 1.41. The maximum atomic E-state index is 11.3. The second kappa shape index (κ2) is 3.92. The molecule has 2 nitrogen and oxygen atoms in total. The zero-order valence-corrected chi connectivity index (χ0v) is 8.17. The first kappa shape index (κ1) is 9.56. The number of carbonyl (C=O) groups is 1. The van der Waals surface area contributed by atoms with E-state index in [2.05, 4.69) is 13.8 Å². The van der Waals surface area contributed by atoms with E-state index < -0.39 is 0 Å². The molecule has 1 aliphatic carbocycles. The molecule has 0 aromatic carbocycles. The van der Waals surface area contributed by atoms with Crippen molar-refractivity contribution in [1.29, 1.82) is 0 Å². The molecule has 12 heavy (non-hydrogen) atoms. The van der Waals surface area contributed by atoms with Gasteiger partial charge in [0.2, 0.25) is 0 Å². The lowest BCUT2D eigenvalue weighted by Gasteiger charge is -2.11. The first-order valence-corrected chi connectivity index (χ1v) is 4.76. The van der Waals surface area contributed by atoms with Gasteiger partial charge in [-0.3, -0.25) is 4.79 Å². The fourth-order valence-corrected chi connectivity index (χ4v) is 2.19. The zero-order valence-electron chi connectivity index (χ0n) is 8.17. The van der Waals surface area contributed by atoms with Crippen molar-refractivity contribution in [2.24, 2.45) is 17.8 Å². The summed E-state index contributed by atoms with van der Waals surface area (Å²) >= 11 is 0. The van der Waals surface area contributed by atoms with Crippen molar-refractivity contribution in [3.8, 4) is 0 Å². The van der Waals surface area contributed by atoms with Gasteiger partial charge >= 0.3 is 5.97 Å². The Morgan fingerprint density at radius 3 is 2.58 bits per heavy atom. The quantitative estimate of drug-likeness (QED) is 0.594. The third-order valence-electron chi connectivity index (χ3n) is 3.06. The molecule has 0 aliphatic heterocycles. The van der Waals surface area contributed by atoms with Crippen molar-refractivity contribution in [1.82, 2.24) is 0 Å². The maximum absolute atomic E-state index is 11.3. The fourth-order valence-electron chi connectivity index (χ4n) is 2.19. The van der Waals surface area contributed by atoms with Gasteiger partial charge in [0.05, 0.1) is 13.0 Å². The Labute approximate surface area is 74.3 Å². The molecule has 3 atom stereocenters. The average Bonchev–Trinajstić information content (AvgIpc) is 2.45. The summed E-state index contributed by atoms with van der Waals surface area (Å²) in [6.07, 6.45) is 3.42. The molecule has 0 N–H and O–H groups in total. The zero-order chi connectivity index (χ0) is 9.14. The van der Waals surface area contributed by atoms with Crippen molar-refractivity contribution in [2.45, 2.75) is 33.1 Å². The Morgan fingerprint density at radius 2 is 2.17 bits per heavy atom. The van der Waals surface area contributed by atoms with Crippen LogP contribution in [0.5, 0.6) is 0 Å². The molecular formula is C10H18O2. The van der Waals surface area contributed by atoms with E-state index in [0.29, 0.717) is 5.92 Å². The van der Waals surface area contributed by atoms with Crippen LogP contribution in [0, 0.1) is 17.8 Å².